The summed E-state index contributed by atoms with van der Waals surface area (Å²) in [7, 11) is 1.47. The van der Waals surface area contributed by atoms with Crippen LogP contribution in [0.1, 0.15) is 25.3 Å². The number of methoxy groups -OCH3 is 1. The molecule has 96 valence electrons. The van der Waals surface area contributed by atoms with Crippen LogP contribution in [0, 0.1) is 5.82 Å². The van der Waals surface area contributed by atoms with Gasteiger partial charge in [-0.1, -0.05) is 19.1 Å². The molecule has 4 heteroatoms. The maximum absolute atomic E-state index is 13.7. The normalized spacial score (nSPS) is 12.5. The van der Waals surface area contributed by atoms with Gasteiger partial charge in [-0.15, -0.1) is 11.6 Å². The molecule has 0 aliphatic rings. The van der Waals surface area contributed by atoms with Gasteiger partial charge in [-0.2, -0.15) is 0 Å². The zero-order valence-electron chi connectivity index (χ0n) is 10.3. The molecule has 0 saturated carbocycles. The number of alkyl halides is 1. The minimum Gasteiger partial charge on any atom is -0.494 e. The molecular weight excluding hydrogens is 241 g/mol. The Morgan fingerprint density at radius 1 is 1.47 bits per heavy atom. The van der Waals surface area contributed by atoms with Gasteiger partial charge in [0.2, 0.25) is 0 Å². The fourth-order valence-corrected chi connectivity index (χ4v) is 1.65. The van der Waals surface area contributed by atoms with Crippen LogP contribution < -0.4 is 10.1 Å². The van der Waals surface area contributed by atoms with Gasteiger partial charge in [-0.05, 0) is 25.5 Å². The van der Waals surface area contributed by atoms with E-state index in [4.69, 9.17) is 16.3 Å². The molecule has 17 heavy (non-hydrogen) atoms. The van der Waals surface area contributed by atoms with Gasteiger partial charge >= 0.3 is 0 Å². The SMILES string of the molecule is CCC(Cl)CCNCc1cccc(OC)c1F. The minimum atomic E-state index is -0.291. The van der Waals surface area contributed by atoms with Crippen LogP contribution >= 0.6 is 11.6 Å². The van der Waals surface area contributed by atoms with Crippen molar-refractivity contribution in [1.82, 2.24) is 5.32 Å². The molecule has 1 unspecified atom stereocenters. The Balaban J connectivity index is 2.41. The Morgan fingerprint density at radius 3 is 2.88 bits per heavy atom. The third kappa shape index (κ3) is 4.52. The second-order valence-electron chi connectivity index (χ2n) is 3.90. The summed E-state index contributed by atoms with van der Waals surface area (Å²) in [6.07, 6.45) is 1.85. The first-order chi connectivity index (χ1) is 8.19. The molecule has 0 spiro atoms. The summed E-state index contributed by atoms with van der Waals surface area (Å²) in [6, 6.07) is 5.16. The summed E-state index contributed by atoms with van der Waals surface area (Å²) < 4.78 is 18.7. The monoisotopic (exact) mass is 259 g/mol. The molecule has 0 heterocycles. The Hall–Kier alpha value is -0.800. The van der Waals surface area contributed by atoms with Crippen LogP contribution in [0.3, 0.4) is 0 Å². The standard InChI is InChI=1S/C13H19ClFNO/c1-3-11(14)7-8-16-9-10-5-4-6-12(17-2)13(10)15/h4-6,11,16H,3,7-9H2,1-2H3. The Morgan fingerprint density at radius 2 is 2.24 bits per heavy atom. The van der Waals surface area contributed by atoms with E-state index in [0.717, 1.165) is 19.4 Å². The zero-order valence-corrected chi connectivity index (χ0v) is 11.1. The molecule has 0 bridgehead atoms. The lowest BCUT2D eigenvalue weighted by atomic mass is 10.2. The summed E-state index contributed by atoms with van der Waals surface area (Å²) in [4.78, 5) is 0. The summed E-state index contributed by atoms with van der Waals surface area (Å²) in [6.45, 7) is 3.34. The molecule has 0 aliphatic carbocycles. The highest BCUT2D eigenvalue weighted by atomic mass is 35.5. The third-order valence-corrected chi connectivity index (χ3v) is 3.18. The molecule has 1 atom stereocenters. The van der Waals surface area contributed by atoms with Gasteiger partial charge in [-0.3, -0.25) is 0 Å². The molecule has 1 aromatic rings. The molecule has 2 nitrogen and oxygen atoms in total. The van der Waals surface area contributed by atoms with E-state index in [2.05, 4.69) is 12.2 Å². The van der Waals surface area contributed by atoms with Crippen molar-refractivity contribution < 1.29 is 9.13 Å². The van der Waals surface area contributed by atoms with Crippen LogP contribution in [0.15, 0.2) is 18.2 Å². The fraction of sp³-hybridized carbons (Fsp3) is 0.538. The first-order valence-electron chi connectivity index (χ1n) is 5.85. The van der Waals surface area contributed by atoms with Crippen molar-refractivity contribution in [2.45, 2.75) is 31.7 Å². The number of ether oxygens (including phenoxy) is 1. The first kappa shape index (κ1) is 14.3. The molecule has 0 aliphatic heterocycles. The molecule has 1 N–H and O–H groups in total. The fourth-order valence-electron chi connectivity index (χ4n) is 1.54. The quantitative estimate of drug-likeness (QED) is 0.599. The first-order valence-corrected chi connectivity index (χ1v) is 6.28. The van der Waals surface area contributed by atoms with Gasteiger partial charge in [0.05, 0.1) is 7.11 Å². The van der Waals surface area contributed by atoms with Crippen LogP contribution in [0.5, 0.6) is 5.75 Å². The Bertz CT molecular complexity index is 346. The van der Waals surface area contributed by atoms with Gasteiger partial charge in [0.15, 0.2) is 11.6 Å². The molecule has 0 radical (unpaired) electrons. The van der Waals surface area contributed by atoms with Crippen molar-refractivity contribution in [2.75, 3.05) is 13.7 Å². The predicted octanol–water partition coefficient (Wildman–Crippen LogP) is 3.33. The van der Waals surface area contributed by atoms with E-state index in [1.807, 2.05) is 0 Å². The largest absolute Gasteiger partial charge is 0.494 e. The summed E-state index contributed by atoms with van der Waals surface area (Å²) in [5, 5.41) is 3.37. The van der Waals surface area contributed by atoms with E-state index in [1.54, 1.807) is 18.2 Å². The van der Waals surface area contributed by atoms with E-state index < -0.39 is 0 Å². The minimum absolute atomic E-state index is 0.192. The topological polar surface area (TPSA) is 21.3 Å². The molecular formula is C13H19ClFNO. The van der Waals surface area contributed by atoms with E-state index in [9.17, 15) is 4.39 Å². The van der Waals surface area contributed by atoms with Crippen molar-refractivity contribution in [3.05, 3.63) is 29.6 Å². The average Bonchev–Trinajstić information content (AvgIpc) is 2.36. The summed E-state index contributed by atoms with van der Waals surface area (Å²) in [5.41, 5.74) is 0.618. The van der Waals surface area contributed by atoms with Crippen LogP contribution in [0.25, 0.3) is 0 Å². The molecule has 0 fully saturated rings. The van der Waals surface area contributed by atoms with Crippen molar-refractivity contribution in [3.63, 3.8) is 0 Å². The molecule has 0 amide bonds. The molecule has 1 aromatic carbocycles. The van der Waals surface area contributed by atoms with Crippen LogP contribution in [0.2, 0.25) is 0 Å². The van der Waals surface area contributed by atoms with Crippen LogP contribution in [-0.4, -0.2) is 19.0 Å². The molecule has 1 rings (SSSR count). The highest BCUT2D eigenvalue weighted by Crippen LogP contribution is 2.19. The second kappa shape index (κ2) is 7.51. The van der Waals surface area contributed by atoms with E-state index >= 15 is 0 Å². The summed E-state index contributed by atoms with van der Waals surface area (Å²) in [5.74, 6) is -0.00602. The molecule has 0 aromatic heterocycles. The van der Waals surface area contributed by atoms with Gasteiger partial charge in [-0.25, -0.2) is 4.39 Å². The highest BCUT2D eigenvalue weighted by molar-refractivity contribution is 6.20. The van der Waals surface area contributed by atoms with E-state index in [-0.39, 0.29) is 16.9 Å². The van der Waals surface area contributed by atoms with Crippen LogP contribution in [-0.2, 0) is 6.54 Å². The van der Waals surface area contributed by atoms with Gasteiger partial charge in [0, 0.05) is 17.5 Å². The van der Waals surface area contributed by atoms with Crippen molar-refractivity contribution in [3.8, 4) is 5.75 Å². The van der Waals surface area contributed by atoms with E-state index in [1.165, 1.54) is 7.11 Å². The van der Waals surface area contributed by atoms with E-state index in [0.29, 0.717) is 12.1 Å². The smallest absolute Gasteiger partial charge is 0.169 e. The number of rotatable bonds is 7. The van der Waals surface area contributed by atoms with Crippen molar-refractivity contribution in [2.24, 2.45) is 0 Å². The highest BCUT2D eigenvalue weighted by Gasteiger charge is 2.07. The Labute approximate surface area is 107 Å². The van der Waals surface area contributed by atoms with Gasteiger partial charge in [0.1, 0.15) is 0 Å². The lowest BCUT2D eigenvalue weighted by molar-refractivity contribution is 0.383. The van der Waals surface area contributed by atoms with Crippen molar-refractivity contribution in [1.29, 1.82) is 0 Å². The van der Waals surface area contributed by atoms with Gasteiger partial charge in [0.25, 0.3) is 0 Å². The zero-order chi connectivity index (χ0) is 12.7. The lowest BCUT2D eigenvalue weighted by Crippen LogP contribution is -2.18. The maximum Gasteiger partial charge on any atom is 0.169 e. The summed E-state index contributed by atoms with van der Waals surface area (Å²) >= 11 is 5.99. The lowest BCUT2D eigenvalue weighted by Gasteiger charge is -2.10. The molecule has 0 saturated heterocycles. The number of benzene rings is 1. The predicted molar refractivity (Wildman–Crippen MR) is 69.2 cm³/mol. The second-order valence-corrected chi connectivity index (χ2v) is 4.52. The maximum atomic E-state index is 13.7. The van der Waals surface area contributed by atoms with Gasteiger partial charge < -0.3 is 10.1 Å². The van der Waals surface area contributed by atoms with Crippen molar-refractivity contribution >= 4 is 11.6 Å². The Kier molecular flexibility index (Phi) is 6.30. The average molecular weight is 260 g/mol. The number of halogens is 2. The number of hydrogen-bond acceptors (Lipinski definition) is 2. The number of nitrogens with one attached hydrogen (secondary N) is 1. The third-order valence-electron chi connectivity index (χ3n) is 2.66. The number of hydrogen-bond donors (Lipinski definition) is 1. The van der Waals surface area contributed by atoms with Crippen LogP contribution in [0.4, 0.5) is 4.39 Å².